The maximum absolute atomic E-state index is 9.33. The molecule has 0 unspecified atom stereocenters. The highest BCUT2D eigenvalue weighted by molar-refractivity contribution is 5.84. The Morgan fingerprint density at radius 1 is 1.27 bits per heavy atom. The van der Waals surface area contributed by atoms with Gasteiger partial charge in [0.2, 0.25) is 17.6 Å². The molecule has 9 heteroatoms. The van der Waals surface area contributed by atoms with Crippen molar-refractivity contribution in [3.8, 4) is 23.1 Å². The summed E-state index contributed by atoms with van der Waals surface area (Å²) in [5, 5.41) is 17.4. The van der Waals surface area contributed by atoms with Crippen LogP contribution in [0.25, 0.3) is 22.4 Å². The van der Waals surface area contributed by atoms with Crippen molar-refractivity contribution in [3.05, 3.63) is 37.1 Å². The molecule has 30 heavy (non-hydrogen) atoms. The van der Waals surface area contributed by atoms with E-state index in [0.717, 1.165) is 42.3 Å². The zero-order chi connectivity index (χ0) is 20.7. The lowest BCUT2D eigenvalue weighted by molar-refractivity contribution is 0.279. The monoisotopic (exact) mass is 402 g/mol. The molecule has 1 fully saturated rings. The number of rotatable bonds is 4. The van der Waals surface area contributed by atoms with Gasteiger partial charge in [-0.25, -0.2) is 14.5 Å². The van der Waals surface area contributed by atoms with Crippen molar-refractivity contribution in [2.24, 2.45) is 5.41 Å². The standard InChI is InChI=1S/C21H22N8O/c1-21(13-22)6-3-15(4-7-21)25-19-26-18(30-2)17-16(5-9-29(17)27-19)14-11-24-20-23-8-10-28(20)12-14/h5,8-12,15H,3-4,6-7H2,1-2H3,(H,25,27). The second-order valence-corrected chi connectivity index (χ2v) is 8.04. The summed E-state index contributed by atoms with van der Waals surface area (Å²) >= 11 is 0. The predicted octanol–water partition coefficient (Wildman–Crippen LogP) is 3.33. The maximum Gasteiger partial charge on any atom is 0.244 e. The third-order valence-electron chi connectivity index (χ3n) is 5.92. The molecule has 0 spiro atoms. The van der Waals surface area contributed by atoms with Gasteiger partial charge >= 0.3 is 0 Å². The number of nitriles is 1. The summed E-state index contributed by atoms with van der Waals surface area (Å²) in [6, 6.07) is 4.67. The SMILES string of the molecule is COc1nc(NC2CCC(C)(C#N)CC2)nn2ccc(-c3cnc4nccn4c3)c12. The zero-order valence-corrected chi connectivity index (χ0v) is 16.9. The van der Waals surface area contributed by atoms with Gasteiger partial charge in [-0.15, -0.1) is 5.10 Å². The van der Waals surface area contributed by atoms with Gasteiger partial charge in [-0.3, -0.25) is 4.40 Å². The average Bonchev–Trinajstić information content (AvgIpc) is 3.41. The molecule has 1 N–H and O–H groups in total. The minimum Gasteiger partial charge on any atom is -0.479 e. The Kier molecular flexibility index (Phi) is 4.28. The first-order valence-electron chi connectivity index (χ1n) is 9.99. The summed E-state index contributed by atoms with van der Waals surface area (Å²) in [5.74, 6) is 1.67. The van der Waals surface area contributed by atoms with Crippen molar-refractivity contribution in [1.29, 1.82) is 5.26 Å². The molecule has 5 rings (SSSR count). The second-order valence-electron chi connectivity index (χ2n) is 8.04. The molecular formula is C21H22N8O. The van der Waals surface area contributed by atoms with Crippen molar-refractivity contribution in [2.45, 2.75) is 38.6 Å². The van der Waals surface area contributed by atoms with Crippen molar-refractivity contribution in [2.75, 3.05) is 12.4 Å². The molecule has 4 aromatic heterocycles. The molecule has 0 amide bonds. The van der Waals surface area contributed by atoms with Gasteiger partial charge in [-0.1, -0.05) is 0 Å². The van der Waals surface area contributed by atoms with E-state index in [2.05, 4.69) is 31.4 Å². The molecule has 0 aromatic carbocycles. The van der Waals surface area contributed by atoms with E-state index in [1.807, 2.05) is 36.0 Å². The minimum absolute atomic E-state index is 0.222. The number of fused-ring (bicyclic) bond motifs is 2. The number of hydrogen-bond donors (Lipinski definition) is 1. The Morgan fingerprint density at radius 2 is 2.10 bits per heavy atom. The molecule has 0 bridgehead atoms. The van der Waals surface area contributed by atoms with Gasteiger partial charge in [0.05, 0.1) is 18.6 Å². The third kappa shape index (κ3) is 3.10. The summed E-state index contributed by atoms with van der Waals surface area (Å²) < 4.78 is 9.26. The summed E-state index contributed by atoms with van der Waals surface area (Å²) in [7, 11) is 1.61. The van der Waals surface area contributed by atoms with E-state index in [9.17, 15) is 5.26 Å². The molecule has 9 nitrogen and oxygen atoms in total. The molecule has 0 aliphatic heterocycles. The first-order chi connectivity index (χ1) is 14.6. The van der Waals surface area contributed by atoms with Gasteiger partial charge in [0.15, 0.2) is 0 Å². The van der Waals surface area contributed by atoms with Gasteiger partial charge in [-0.05, 0) is 38.7 Å². The van der Waals surface area contributed by atoms with Gasteiger partial charge in [0.25, 0.3) is 0 Å². The van der Waals surface area contributed by atoms with Gasteiger partial charge in [0.1, 0.15) is 5.52 Å². The van der Waals surface area contributed by atoms with Crippen LogP contribution in [0, 0.1) is 16.7 Å². The molecule has 0 radical (unpaired) electrons. The summed E-state index contributed by atoms with van der Waals surface area (Å²) in [4.78, 5) is 13.2. The largest absolute Gasteiger partial charge is 0.479 e. The van der Waals surface area contributed by atoms with E-state index in [4.69, 9.17) is 4.74 Å². The second kappa shape index (κ2) is 6.99. The average molecular weight is 402 g/mol. The molecule has 1 aliphatic rings. The Balaban J connectivity index is 1.46. The fourth-order valence-electron chi connectivity index (χ4n) is 4.08. The van der Waals surface area contributed by atoms with Crippen molar-refractivity contribution in [1.82, 2.24) is 29.0 Å². The van der Waals surface area contributed by atoms with E-state index in [0.29, 0.717) is 17.6 Å². The van der Waals surface area contributed by atoms with Crippen LogP contribution in [0.5, 0.6) is 5.88 Å². The van der Waals surface area contributed by atoms with Crippen LogP contribution in [0.1, 0.15) is 32.6 Å². The number of hydrogen-bond acceptors (Lipinski definition) is 7. The molecular weight excluding hydrogens is 380 g/mol. The first-order valence-corrected chi connectivity index (χ1v) is 9.99. The van der Waals surface area contributed by atoms with E-state index < -0.39 is 0 Å². The molecule has 4 heterocycles. The molecule has 1 aliphatic carbocycles. The number of nitrogens with one attached hydrogen (secondary N) is 1. The Morgan fingerprint density at radius 3 is 2.87 bits per heavy atom. The number of nitrogens with zero attached hydrogens (tertiary/aromatic N) is 7. The summed E-state index contributed by atoms with van der Waals surface area (Å²) in [5.41, 5.74) is 2.42. The smallest absolute Gasteiger partial charge is 0.244 e. The Labute approximate surface area is 173 Å². The van der Waals surface area contributed by atoms with Gasteiger partial charge in [0, 0.05) is 48.2 Å². The van der Waals surface area contributed by atoms with Crippen LogP contribution in [0.3, 0.4) is 0 Å². The van der Waals surface area contributed by atoms with Crippen LogP contribution in [-0.2, 0) is 0 Å². The van der Waals surface area contributed by atoms with Crippen molar-refractivity contribution >= 4 is 17.2 Å². The number of methoxy groups -OCH3 is 1. The number of imidazole rings is 1. The Hall–Kier alpha value is -3.67. The zero-order valence-electron chi connectivity index (χ0n) is 16.9. The molecule has 0 saturated heterocycles. The lowest BCUT2D eigenvalue weighted by Gasteiger charge is -2.32. The van der Waals surface area contributed by atoms with E-state index in [1.54, 1.807) is 24.0 Å². The van der Waals surface area contributed by atoms with Gasteiger partial charge in [-0.2, -0.15) is 10.2 Å². The molecule has 4 aromatic rings. The van der Waals surface area contributed by atoms with Crippen molar-refractivity contribution in [3.63, 3.8) is 0 Å². The van der Waals surface area contributed by atoms with E-state index >= 15 is 0 Å². The highest BCUT2D eigenvalue weighted by atomic mass is 16.5. The summed E-state index contributed by atoms with van der Waals surface area (Å²) in [6.07, 6.45) is 12.8. The topological polar surface area (TPSA) is 105 Å². The van der Waals surface area contributed by atoms with Crippen molar-refractivity contribution < 1.29 is 4.74 Å². The van der Waals surface area contributed by atoms with Crippen LogP contribution >= 0.6 is 0 Å². The lowest BCUT2D eigenvalue weighted by Crippen LogP contribution is -2.31. The lowest BCUT2D eigenvalue weighted by atomic mass is 9.75. The highest BCUT2D eigenvalue weighted by Gasteiger charge is 2.31. The minimum atomic E-state index is -0.222. The third-order valence-corrected chi connectivity index (χ3v) is 5.92. The van der Waals surface area contributed by atoms with E-state index in [-0.39, 0.29) is 11.5 Å². The maximum atomic E-state index is 9.33. The molecule has 152 valence electrons. The normalized spacial score (nSPS) is 21.6. The quantitative estimate of drug-likeness (QED) is 0.558. The Bertz CT molecular complexity index is 1260. The number of ether oxygens (including phenoxy) is 1. The van der Waals surface area contributed by atoms with Gasteiger partial charge < -0.3 is 10.1 Å². The number of aromatic nitrogens is 6. The van der Waals surface area contributed by atoms with Crippen LogP contribution < -0.4 is 10.1 Å². The fourth-order valence-corrected chi connectivity index (χ4v) is 4.08. The highest BCUT2D eigenvalue weighted by Crippen LogP contribution is 2.36. The molecule has 1 saturated carbocycles. The van der Waals surface area contributed by atoms with Crippen LogP contribution in [-0.4, -0.2) is 42.1 Å². The molecule has 0 atom stereocenters. The predicted molar refractivity (Wildman–Crippen MR) is 111 cm³/mol. The van der Waals surface area contributed by atoms with Crippen LogP contribution in [0.2, 0.25) is 0 Å². The first kappa shape index (κ1) is 18.4. The van der Waals surface area contributed by atoms with Crippen LogP contribution in [0.15, 0.2) is 37.1 Å². The van der Waals surface area contributed by atoms with E-state index in [1.165, 1.54) is 0 Å². The summed E-state index contributed by atoms with van der Waals surface area (Å²) in [6.45, 7) is 2.03. The number of anilines is 1. The van der Waals surface area contributed by atoms with Crippen LogP contribution in [0.4, 0.5) is 5.95 Å². The fraction of sp³-hybridized carbons (Fsp3) is 0.381.